The van der Waals surface area contributed by atoms with Crippen molar-refractivity contribution in [3.05, 3.63) is 82.4 Å². The molecule has 0 saturated carbocycles. The third kappa shape index (κ3) is 4.82. The summed E-state index contributed by atoms with van der Waals surface area (Å²) in [6.45, 7) is 0.649. The first-order valence-corrected chi connectivity index (χ1v) is 11.9. The minimum atomic E-state index is -0.985. The summed E-state index contributed by atoms with van der Waals surface area (Å²) >= 11 is 0. The Morgan fingerprint density at radius 1 is 1.05 bits per heavy atom. The first-order chi connectivity index (χ1) is 18.2. The van der Waals surface area contributed by atoms with Gasteiger partial charge in [0.2, 0.25) is 0 Å². The van der Waals surface area contributed by atoms with Crippen LogP contribution in [0, 0.1) is 11.6 Å². The number of aromatic amines is 1. The van der Waals surface area contributed by atoms with Crippen molar-refractivity contribution in [3.63, 3.8) is 0 Å². The molecule has 2 aromatic carbocycles. The van der Waals surface area contributed by atoms with Crippen molar-refractivity contribution in [1.29, 1.82) is 0 Å². The van der Waals surface area contributed by atoms with Crippen LogP contribution in [-0.2, 0) is 7.05 Å². The average Bonchev–Trinajstić information content (AvgIpc) is 3.39. The van der Waals surface area contributed by atoms with Crippen LogP contribution in [-0.4, -0.2) is 50.7 Å². The lowest BCUT2D eigenvalue weighted by Crippen LogP contribution is -2.46. The highest BCUT2D eigenvalue weighted by Crippen LogP contribution is 2.38. The van der Waals surface area contributed by atoms with E-state index in [0.717, 1.165) is 6.07 Å². The second kappa shape index (κ2) is 10.0. The lowest BCUT2D eigenvalue weighted by Gasteiger charge is -2.30. The fourth-order valence-corrected chi connectivity index (χ4v) is 4.61. The van der Waals surface area contributed by atoms with Crippen molar-refractivity contribution in [2.75, 3.05) is 13.1 Å². The van der Waals surface area contributed by atoms with Crippen LogP contribution in [0.3, 0.4) is 0 Å². The van der Waals surface area contributed by atoms with Crippen molar-refractivity contribution in [2.45, 2.75) is 18.9 Å². The SMILES string of the molecule is Cn1cc(-c2cc(C(=O)NC3CCN(C(=O)O)CC3)ccc2Oc2ccc(F)cc2F)c2cc[nH]c2c1=O. The van der Waals surface area contributed by atoms with Crippen LogP contribution in [0.5, 0.6) is 11.5 Å². The maximum absolute atomic E-state index is 14.4. The van der Waals surface area contributed by atoms with E-state index in [-0.39, 0.29) is 29.0 Å². The summed E-state index contributed by atoms with van der Waals surface area (Å²) in [5, 5.41) is 12.7. The topological polar surface area (TPSA) is 117 Å². The Bertz CT molecular complexity index is 1610. The quantitative estimate of drug-likeness (QED) is 0.358. The Kier molecular flexibility index (Phi) is 6.58. The molecule has 0 spiro atoms. The molecule has 3 heterocycles. The number of amides is 2. The molecule has 3 N–H and O–H groups in total. The molecule has 0 radical (unpaired) electrons. The largest absolute Gasteiger partial charge is 0.465 e. The second-order valence-electron chi connectivity index (χ2n) is 9.13. The van der Waals surface area contributed by atoms with Gasteiger partial charge in [0.25, 0.3) is 11.5 Å². The Morgan fingerprint density at radius 3 is 2.50 bits per heavy atom. The summed E-state index contributed by atoms with van der Waals surface area (Å²) < 4.78 is 35.1. The number of aromatic nitrogens is 2. The molecule has 0 bridgehead atoms. The maximum Gasteiger partial charge on any atom is 0.407 e. The van der Waals surface area contributed by atoms with Gasteiger partial charge in [-0.15, -0.1) is 0 Å². The predicted molar refractivity (Wildman–Crippen MR) is 135 cm³/mol. The standard InChI is InChI=1S/C27H24F2N4O5/c1-32-14-20(18-6-9-30-24(18)26(32)35)19-12-15(25(34)31-17-7-10-33(11-8-17)27(36)37)2-4-22(19)38-23-5-3-16(28)13-21(23)29/h2-6,9,12-14,17,30H,7-8,10-11H2,1H3,(H,31,34)(H,36,37). The Morgan fingerprint density at radius 2 is 1.79 bits per heavy atom. The van der Waals surface area contributed by atoms with Crippen molar-refractivity contribution >= 4 is 22.9 Å². The summed E-state index contributed by atoms with van der Waals surface area (Å²) in [4.78, 5) is 41.2. The number of halogens is 2. The normalized spacial score (nSPS) is 14.0. The number of H-pyrrole nitrogens is 1. The van der Waals surface area contributed by atoms with E-state index in [1.54, 1.807) is 31.6 Å². The number of aryl methyl sites for hydroxylation is 1. The van der Waals surface area contributed by atoms with E-state index in [1.165, 1.54) is 27.7 Å². The molecule has 38 heavy (non-hydrogen) atoms. The number of hydrogen-bond donors (Lipinski definition) is 3. The maximum atomic E-state index is 14.4. The van der Waals surface area contributed by atoms with Gasteiger partial charge in [0.15, 0.2) is 11.6 Å². The summed E-state index contributed by atoms with van der Waals surface area (Å²) in [6, 6.07) is 9.12. The van der Waals surface area contributed by atoms with E-state index in [1.807, 2.05) is 0 Å². The average molecular weight is 523 g/mol. The van der Waals surface area contributed by atoms with E-state index < -0.39 is 17.7 Å². The van der Waals surface area contributed by atoms with Crippen LogP contribution < -0.4 is 15.6 Å². The Labute approximate surface area is 215 Å². The number of carbonyl (C=O) groups is 2. The number of benzene rings is 2. The molecule has 1 saturated heterocycles. The third-order valence-electron chi connectivity index (χ3n) is 6.64. The molecule has 1 aliphatic heterocycles. The number of piperidine rings is 1. The van der Waals surface area contributed by atoms with Gasteiger partial charge in [0.1, 0.15) is 17.1 Å². The highest BCUT2D eigenvalue weighted by Gasteiger charge is 2.25. The molecule has 5 rings (SSSR count). The number of ether oxygens (including phenoxy) is 1. The first kappa shape index (κ1) is 25.0. The van der Waals surface area contributed by atoms with Crippen molar-refractivity contribution in [2.24, 2.45) is 7.05 Å². The summed E-state index contributed by atoms with van der Waals surface area (Å²) in [7, 11) is 1.59. The monoisotopic (exact) mass is 522 g/mol. The highest BCUT2D eigenvalue weighted by molar-refractivity contribution is 6.00. The number of carbonyl (C=O) groups excluding carboxylic acids is 1. The van der Waals surface area contributed by atoms with Crippen LogP contribution in [0.1, 0.15) is 23.2 Å². The molecular weight excluding hydrogens is 498 g/mol. The summed E-state index contributed by atoms with van der Waals surface area (Å²) in [6.07, 6.45) is 3.21. The fourth-order valence-electron chi connectivity index (χ4n) is 4.61. The van der Waals surface area contributed by atoms with E-state index >= 15 is 0 Å². The highest BCUT2D eigenvalue weighted by atomic mass is 19.1. The van der Waals surface area contributed by atoms with E-state index in [2.05, 4.69) is 10.3 Å². The number of rotatable bonds is 5. The van der Waals surface area contributed by atoms with E-state index in [0.29, 0.717) is 59.6 Å². The van der Waals surface area contributed by atoms with Crippen molar-refractivity contribution < 1.29 is 28.2 Å². The van der Waals surface area contributed by atoms with E-state index in [9.17, 15) is 23.2 Å². The van der Waals surface area contributed by atoms with Crippen LogP contribution >= 0.6 is 0 Å². The number of hydrogen-bond acceptors (Lipinski definition) is 4. The fraction of sp³-hybridized carbons (Fsp3) is 0.222. The van der Waals surface area contributed by atoms with Gasteiger partial charge in [0.05, 0.1) is 0 Å². The van der Waals surface area contributed by atoms with Crippen LogP contribution in [0.25, 0.3) is 22.0 Å². The molecule has 196 valence electrons. The zero-order chi connectivity index (χ0) is 27.0. The predicted octanol–water partition coefficient (Wildman–Crippen LogP) is 4.48. The van der Waals surface area contributed by atoms with Gasteiger partial charge in [-0.2, -0.15) is 0 Å². The molecular formula is C27H24F2N4O5. The van der Waals surface area contributed by atoms with E-state index in [4.69, 9.17) is 9.84 Å². The Hall–Kier alpha value is -4.67. The third-order valence-corrected chi connectivity index (χ3v) is 6.64. The second-order valence-corrected chi connectivity index (χ2v) is 9.13. The minimum Gasteiger partial charge on any atom is -0.465 e. The zero-order valence-electron chi connectivity index (χ0n) is 20.3. The van der Waals surface area contributed by atoms with Crippen LogP contribution in [0.4, 0.5) is 13.6 Å². The van der Waals surface area contributed by atoms with Gasteiger partial charge in [-0.3, -0.25) is 9.59 Å². The van der Waals surface area contributed by atoms with Gasteiger partial charge in [0, 0.05) is 66.7 Å². The number of likely N-dealkylation sites (tertiary alicyclic amines) is 1. The number of carboxylic acid groups (broad SMARTS) is 1. The number of pyridine rings is 1. The van der Waals surface area contributed by atoms with Crippen molar-refractivity contribution in [1.82, 2.24) is 19.8 Å². The molecule has 1 aliphatic rings. The van der Waals surface area contributed by atoms with Gasteiger partial charge in [-0.05, 0) is 49.2 Å². The van der Waals surface area contributed by atoms with Gasteiger partial charge in [-0.25, -0.2) is 13.6 Å². The molecule has 0 atom stereocenters. The first-order valence-electron chi connectivity index (χ1n) is 11.9. The number of fused-ring (bicyclic) bond motifs is 1. The summed E-state index contributed by atoms with van der Waals surface area (Å²) in [5.41, 5.74) is 1.38. The van der Waals surface area contributed by atoms with Gasteiger partial charge >= 0.3 is 6.09 Å². The molecule has 1 fully saturated rings. The lowest BCUT2D eigenvalue weighted by atomic mass is 9.99. The van der Waals surface area contributed by atoms with Crippen LogP contribution in [0.15, 0.2) is 59.7 Å². The molecule has 4 aromatic rings. The molecule has 0 unspecified atom stereocenters. The van der Waals surface area contributed by atoms with Gasteiger partial charge in [-0.1, -0.05) is 0 Å². The summed E-state index contributed by atoms with van der Waals surface area (Å²) in [5.74, 6) is -2.01. The molecule has 11 heteroatoms. The lowest BCUT2D eigenvalue weighted by molar-refractivity contribution is 0.0907. The number of nitrogens with one attached hydrogen (secondary N) is 2. The zero-order valence-corrected chi connectivity index (χ0v) is 20.3. The Balaban J connectivity index is 1.53. The molecule has 9 nitrogen and oxygen atoms in total. The number of nitrogens with zero attached hydrogens (tertiary/aromatic N) is 2. The molecule has 0 aliphatic carbocycles. The molecule has 2 amide bonds. The van der Waals surface area contributed by atoms with Gasteiger partial charge < -0.3 is 29.6 Å². The molecule has 2 aromatic heterocycles. The van der Waals surface area contributed by atoms with Crippen LogP contribution in [0.2, 0.25) is 0 Å². The smallest absolute Gasteiger partial charge is 0.407 e. The van der Waals surface area contributed by atoms with Crippen molar-refractivity contribution in [3.8, 4) is 22.6 Å². The minimum absolute atomic E-state index is 0.195.